The Morgan fingerprint density at radius 1 is 1.26 bits per heavy atom. The van der Waals surface area contributed by atoms with Gasteiger partial charge in [-0.25, -0.2) is 18.2 Å². The monoisotopic (exact) mass is 556 g/mol. The average molecular weight is 557 g/mol. The third kappa shape index (κ3) is 4.33. The van der Waals surface area contributed by atoms with Crippen molar-refractivity contribution >= 4 is 37.3 Å². The number of nitrogens with zero attached hydrogens (tertiary/aromatic N) is 5. The highest BCUT2D eigenvalue weighted by atomic mass is 32.1. The molecule has 2 N–H and O–H groups in total. The molecule has 0 aliphatic carbocycles. The first-order valence-electron chi connectivity index (χ1n) is 12.3. The van der Waals surface area contributed by atoms with Crippen molar-refractivity contribution in [3.8, 4) is 23.3 Å². The van der Waals surface area contributed by atoms with Crippen LogP contribution < -0.4 is 10.5 Å². The van der Waals surface area contributed by atoms with Gasteiger partial charge in [0.1, 0.15) is 29.4 Å². The van der Waals surface area contributed by atoms with Crippen molar-refractivity contribution < 1.29 is 27.4 Å². The molecule has 0 saturated carbocycles. The molecule has 2 unspecified atom stereocenters. The SMILES string of the molecule is COCCN1CC(F)CC1COc1ncc2c3c(c(-c4ncc(F)c5sc(N)c(C#N)c45)c(F)c2n1)COC3. The molecule has 1 fully saturated rings. The second kappa shape index (κ2) is 10.2. The largest absolute Gasteiger partial charge is 0.462 e. The summed E-state index contributed by atoms with van der Waals surface area (Å²) in [4.78, 5) is 14.8. The van der Waals surface area contributed by atoms with E-state index in [1.807, 2.05) is 11.0 Å². The highest BCUT2D eigenvalue weighted by Crippen LogP contribution is 2.45. The minimum atomic E-state index is -0.972. The molecule has 9 nitrogen and oxygen atoms in total. The van der Waals surface area contributed by atoms with E-state index in [4.69, 9.17) is 19.9 Å². The summed E-state index contributed by atoms with van der Waals surface area (Å²) in [6, 6.07) is 1.73. The Morgan fingerprint density at radius 2 is 2.08 bits per heavy atom. The Kier molecular flexibility index (Phi) is 6.72. The van der Waals surface area contributed by atoms with Crippen LogP contribution in [0.4, 0.5) is 18.2 Å². The summed E-state index contributed by atoms with van der Waals surface area (Å²) in [5.41, 5.74) is 7.36. The van der Waals surface area contributed by atoms with Crippen molar-refractivity contribution in [2.45, 2.75) is 31.8 Å². The molecule has 0 radical (unpaired) electrons. The van der Waals surface area contributed by atoms with Crippen LogP contribution in [0, 0.1) is 23.0 Å². The van der Waals surface area contributed by atoms with Gasteiger partial charge >= 0.3 is 6.01 Å². The number of thiophene rings is 1. The first-order valence-corrected chi connectivity index (χ1v) is 13.1. The number of anilines is 1. The number of hydrogen-bond donors (Lipinski definition) is 1. The minimum Gasteiger partial charge on any atom is -0.462 e. The molecule has 202 valence electrons. The molecule has 2 atom stereocenters. The molecule has 0 amide bonds. The summed E-state index contributed by atoms with van der Waals surface area (Å²) in [6.07, 6.45) is 1.80. The quantitative estimate of drug-likeness (QED) is 0.359. The maximum atomic E-state index is 16.3. The van der Waals surface area contributed by atoms with E-state index in [2.05, 4.69) is 15.0 Å². The third-order valence-corrected chi connectivity index (χ3v) is 8.21. The number of fused-ring (bicyclic) bond motifs is 4. The second-order valence-corrected chi connectivity index (χ2v) is 10.5. The van der Waals surface area contributed by atoms with Crippen LogP contribution >= 0.6 is 11.3 Å². The summed E-state index contributed by atoms with van der Waals surface area (Å²) in [5.74, 6) is -1.37. The van der Waals surface area contributed by atoms with Crippen LogP contribution in [0.15, 0.2) is 12.4 Å². The summed E-state index contributed by atoms with van der Waals surface area (Å²) in [5, 5.41) is 10.4. The fraction of sp³-hybridized carbons (Fsp3) is 0.385. The second-order valence-electron chi connectivity index (χ2n) is 9.45. The standard InChI is InChI=1S/C26H23F3N6O3S/c1-36-3-2-35-8-12(27)4-13(35)9-38-26-33-6-15-16-10-37-11-17(16)19(21(29)22(15)34-26)23-20-14(5-30)25(31)39-24(20)18(28)7-32-23/h6-7,12-13H,2-4,8-11,31H2,1H3. The number of benzene rings is 1. The number of halogens is 3. The van der Waals surface area contributed by atoms with Gasteiger partial charge in [-0.3, -0.25) is 9.88 Å². The van der Waals surface area contributed by atoms with Gasteiger partial charge in [0.15, 0.2) is 11.6 Å². The van der Waals surface area contributed by atoms with Gasteiger partial charge < -0.3 is 19.9 Å². The zero-order valence-electron chi connectivity index (χ0n) is 20.8. The van der Waals surface area contributed by atoms with Crippen molar-refractivity contribution in [1.82, 2.24) is 19.9 Å². The van der Waals surface area contributed by atoms with Crippen LogP contribution in [-0.2, 0) is 22.7 Å². The maximum Gasteiger partial charge on any atom is 0.317 e. The smallest absolute Gasteiger partial charge is 0.317 e. The number of nitrogens with two attached hydrogens (primary N) is 1. The highest BCUT2D eigenvalue weighted by molar-refractivity contribution is 7.23. The number of methoxy groups -OCH3 is 1. The van der Waals surface area contributed by atoms with Crippen molar-refractivity contribution in [3.63, 3.8) is 0 Å². The molecule has 0 spiro atoms. The maximum absolute atomic E-state index is 16.3. The minimum absolute atomic E-state index is 0.0220. The predicted octanol–water partition coefficient (Wildman–Crippen LogP) is 4.11. The van der Waals surface area contributed by atoms with E-state index >= 15 is 4.39 Å². The lowest BCUT2D eigenvalue weighted by Gasteiger charge is -2.23. The Labute approximate surface area is 224 Å². The van der Waals surface area contributed by atoms with E-state index in [0.29, 0.717) is 36.1 Å². The van der Waals surface area contributed by atoms with Crippen LogP contribution in [0.1, 0.15) is 23.1 Å². The van der Waals surface area contributed by atoms with E-state index < -0.39 is 17.8 Å². The van der Waals surface area contributed by atoms with Gasteiger partial charge in [0, 0.05) is 48.8 Å². The molecule has 3 aromatic heterocycles. The number of alkyl halides is 1. The van der Waals surface area contributed by atoms with Gasteiger partial charge in [-0.1, -0.05) is 0 Å². The predicted molar refractivity (Wildman–Crippen MR) is 138 cm³/mol. The van der Waals surface area contributed by atoms with Gasteiger partial charge in [-0.2, -0.15) is 10.2 Å². The zero-order valence-corrected chi connectivity index (χ0v) is 21.7. The zero-order chi connectivity index (χ0) is 27.3. The van der Waals surface area contributed by atoms with Crippen molar-refractivity contribution in [3.05, 3.63) is 40.7 Å². The molecule has 5 heterocycles. The van der Waals surface area contributed by atoms with Crippen LogP contribution in [0.5, 0.6) is 6.01 Å². The number of pyridine rings is 1. The molecule has 4 aromatic rings. The Hall–Kier alpha value is -3.57. The van der Waals surface area contributed by atoms with E-state index in [9.17, 15) is 14.0 Å². The van der Waals surface area contributed by atoms with E-state index in [0.717, 1.165) is 17.5 Å². The molecular weight excluding hydrogens is 533 g/mol. The number of hydrogen-bond acceptors (Lipinski definition) is 10. The lowest BCUT2D eigenvalue weighted by atomic mass is 9.94. The lowest BCUT2D eigenvalue weighted by Crippen LogP contribution is -2.36. The first-order chi connectivity index (χ1) is 18.9. The number of nitrogen functional groups attached to an aromatic ring is 1. The molecule has 13 heteroatoms. The van der Waals surface area contributed by atoms with Crippen molar-refractivity contribution in [2.24, 2.45) is 0 Å². The molecular formula is C26H23F3N6O3S. The Balaban J connectivity index is 1.43. The van der Waals surface area contributed by atoms with Crippen molar-refractivity contribution in [1.29, 1.82) is 5.26 Å². The summed E-state index contributed by atoms with van der Waals surface area (Å²) >= 11 is 0.910. The van der Waals surface area contributed by atoms with Crippen LogP contribution in [0.3, 0.4) is 0 Å². The van der Waals surface area contributed by atoms with Gasteiger partial charge in [0.25, 0.3) is 0 Å². The van der Waals surface area contributed by atoms with Crippen molar-refractivity contribution in [2.75, 3.05) is 39.1 Å². The van der Waals surface area contributed by atoms with E-state index in [-0.39, 0.29) is 75.8 Å². The first kappa shape index (κ1) is 25.7. The molecule has 39 heavy (non-hydrogen) atoms. The molecule has 1 aromatic carbocycles. The Bertz CT molecular complexity index is 1640. The van der Waals surface area contributed by atoms with E-state index in [1.54, 1.807) is 7.11 Å². The fourth-order valence-corrected chi connectivity index (χ4v) is 6.27. The van der Waals surface area contributed by atoms with Crippen LogP contribution in [0.25, 0.3) is 32.2 Å². The van der Waals surface area contributed by atoms with Gasteiger partial charge in [-0.15, -0.1) is 11.3 Å². The topological polar surface area (TPSA) is 119 Å². The fourth-order valence-electron chi connectivity index (χ4n) is 5.35. The average Bonchev–Trinajstić information content (AvgIpc) is 3.64. The lowest BCUT2D eigenvalue weighted by molar-refractivity contribution is 0.115. The van der Waals surface area contributed by atoms with E-state index in [1.165, 1.54) is 6.20 Å². The normalized spacial score (nSPS) is 19.2. The molecule has 2 aliphatic rings. The third-order valence-electron chi connectivity index (χ3n) is 7.19. The number of ether oxygens (including phenoxy) is 3. The number of nitriles is 1. The number of rotatable bonds is 7. The summed E-state index contributed by atoms with van der Waals surface area (Å²) in [7, 11) is 1.59. The summed E-state index contributed by atoms with van der Waals surface area (Å²) in [6.45, 7) is 1.73. The number of likely N-dealkylation sites (tertiary alicyclic amines) is 1. The molecule has 2 aliphatic heterocycles. The highest BCUT2D eigenvalue weighted by Gasteiger charge is 2.33. The van der Waals surface area contributed by atoms with Gasteiger partial charge in [0.2, 0.25) is 0 Å². The molecule has 6 rings (SSSR count). The number of aromatic nitrogens is 3. The van der Waals surface area contributed by atoms with Crippen LogP contribution in [0.2, 0.25) is 0 Å². The molecule has 1 saturated heterocycles. The van der Waals surface area contributed by atoms with Gasteiger partial charge in [-0.05, 0) is 17.5 Å². The summed E-state index contributed by atoms with van der Waals surface area (Å²) < 4.78 is 61.7. The Morgan fingerprint density at radius 3 is 2.87 bits per heavy atom. The van der Waals surface area contributed by atoms with Gasteiger partial charge in [0.05, 0.1) is 42.0 Å². The van der Waals surface area contributed by atoms with Crippen LogP contribution in [-0.4, -0.2) is 65.5 Å². The molecule has 0 bridgehead atoms.